The Morgan fingerprint density at radius 3 is 2.50 bits per heavy atom. The average molecular weight is 267 g/mol. The van der Waals surface area contributed by atoms with Gasteiger partial charge in [-0.25, -0.2) is 0 Å². The number of hydrogen-bond acceptors (Lipinski definition) is 3. The molecule has 0 saturated heterocycles. The number of carbonyl (C=O) groups is 1. The molecule has 1 aromatic carbocycles. The molecule has 4 heteroatoms. The molecule has 1 rings (SSSR count). The van der Waals surface area contributed by atoms with Gasteiger partial charge in [0.05, 0.1) is 0 Å². The Kier molecular flexibility index (Phi) is 6.83. The van der Waals surface area contributed by atoms with Gasteiger partial charge in [-0.2, -0.15) is 11.8 Å². The normalized spacial score (nSPS) is 12.3. The Balaban J connectivity index is 2.40. The van der Waals surface area contributed by atoms with Crippen molar-refractivity contribution in [1.82, 2.24) is 0 Å². The summed E-state index contributed by atoms with van der Waals surface area (Å²) in [5.41, 5.74) is 7.76. The fraction of sp³-hybridized carbons (Fsp3) is 0.500. The highest BCUT2D eigenvalue weighted by molar-refractivity contribution is 7.98. The van der Waals surface area contributed by atoms with Gasteiger partial charge in [0, 0.05) is 5.75 Å². The second kappa shape index (κ2) is 8.16. The summed E-state index contributed by atoms with van der Waals surface area (Å²) >= 11 is 1.94. The molecule has 0 spiro atoms. The Bertz CT molecular complexity index is 365. The fourth-order valence-electron chi connectivity index (χ4n) is 1.55. The second-order valence-corrected chi connectivity index (χ2v) is 5.48. The van der Waals surface area contributed by atoms with Crippen LogP contribution >= 0.6 is 11.8 Å². The summed E-state index contributed by atoms with van der Waals surface area (Å²) in [6, 6.07) is 7.25. The van der Waals surface area contributed by atoms with E-state index in [2.05, 4.69) is 19.1 Å². The van der Waals surface area contributed by atoms with Crippen molar-refractivity contribution in [3.05, 3.63) is 35.4 Å². The molecule has 0 fully saturated rings. The van der Waals surface area contributed by atoms with Crippen LogP contribution in [0.25, 0.3) is 0 Å². The van der Waals surface area contributed by atoms with E-state index in [0.29, 0.717) is 6.42 Å². The molecule has 0 saturated carbocycles. The van der Waals surface area contributed by atoms with Gasteiger partial charge >= 0.3 is 5.97 Å². The van der Waals surface area contributed by atoms with Crippen molar-refractivity contribution in [2.45, 2.75) is 38.0 Å². The zero-order valence-corrected chi connectivity index (χ0v) is 11.6. The number of rotatable bonds is 8. The van der Waals surface area contributed by atoms with Crippen LogP contribution in [0.3, 0.4) is 0 Å². The summed E-state index contributed by atoms with van der Waals surface area (Å²) < 4.78 is 0. The zero-order chi connectivity index (χ0) is 13.4. The van der Waals surface area contributed by atoms with Crippen molar-refractivity contribution >= 4 is 17.7 Å². The Morgan fingerprint density at radius 2 is 1.94 bits per heavy atom. The molecular weight excluding hydrogens is 246 g/mol. The van der Waals surface area contributed by atoms with E-state index < -0.39 is 12.0 Å². The van der Waals surface area contributed by atoms with E-state index in [0.717, 1.165) is 11.3 Å². The summed E-state index contributed by atoms with van der Waals surface area (Å²) in [7, 11) is 0. The predicted octanol–water partition coefficient (Wildman–Crippen LogP) is 2.67. The van der Waals surface area contributed by atoms with Crippen molar-refractivity contribution in [3.63, 3.8) is 0 Å². The molecule has 0 aliphatic carbocycles. The molecule has 1 aromatic rings. The van der Waals surface area contributed by atoms with Gasteiger partial charge < -0.3 is 10.8 Å². The van der Waals surface area contributed by atoms with E-state index in [4.69, 9.17) is 10.8 Å². The molecule has 18 heavy (non-hydrogen) atoms. The topological polar surface area (TPSA) is 63.3 Å². The first kappa shape index (κ1) is 15.1. The van der Waals surface area contributed by atoms with Gasteiger partial charge in [0.2, 0.25) is 0 Å². The molecule has 0 aromatic heterocycles. The van der Waals surface area contributed by atoms with Gasteiger partial charge in [-0.3, -0.25) is 4.79 Å². The lowest BCUT2D eigenvalue weighted by Gasteiger charge is -2.07. The maximum Gasteiger partial charge on any atom is 0.320 e. The van der Waals surface area contributed by atoms with Crippen LogP contribution in [0, 0.1) is 0 Å². The van der Waals surface area contributed by atoms with Crippen LogP contribution in [0.1, 0.15) is 30.9 Å². The molecule has 3 N–H and O–H groups in total. The monoisotopic (exact) mass is 267 g/mol. The van der Waals surface area contributed by atoms with Crippen LogP contribution < -0.4 is 5.73 Å². The summed E-state index contributed by atoms with van der Waals surface area (Å²) in [5, 5.41) is 8.74. The van der Waals surface area contributed by atoms with Crippen LogP contribution in [-0.2, 0) is 17.0 Å². The minimum absolute atomic E-state index is 0.387. The molecule has 0 radical (unpaired) electrons. The lowest BCUT2D eigenvalue weighted by Crippen LogP contribution is -2.32. The molecular formula is C14H21NO2S. The second-order valence-electron chi connectivity index (χ2n) is 4.37. The van der Waals surface area contributed by atoms with Crippen LogP contribution in [0.4, 0.5) is 0 Å². The third-order valence-corrected chi connectivity index (χ3v) is 3.82. The first-order valence-corrected chi connectivity index (χ1v) is 7.43. The van der Waals surface area contributed by atoms with E-state index in [1.807, 2.05) is 23.9 Å². The van der Waals surface area contributed by atoms with Crippen LogP contribution in [0.15, 0.2) is 24.3 Å². The first-order chi connectivity index (χ1) is 8.63. The van der Waals surface area contributed by atoms with Crippen molar-refractivity contribution < 1.29 is 9.90 Å². The number of hydrogen-bond donors (Lipinski definition) is 2. The van der Waals surface area contributed by atoms with Gasteiger partial charge in [-0.05, 0) is 29.7 Å². The van der Waals surface area contributed by atoms with E-state index in [9.17, 15) is 4.79 Å². The lowest BCUT2D eigenvalue weighted by molar-refractivity contribution is -0.138. The number of unbranched alkanes of at least 4 members (excludes halogenated alkanes) is 1. The van der Waals surface area contributed by atoms with Crippen molar-refractivity contribution in [1.29, 1.82) is 0 Å². The van der Waals surface area contributed by atoms with E-state index >= 15 is 0 Å². The molecule has 0 amide bonds. The van der Waals surface area contributed by atoms with Gasteiger partial charge in [-0.15, -0.1) is 0 Å². The molecule has 0 heterocycles. The Hall–Kier alpha value is -1.00. The number of carboxylic acid groups (broad SMARTS) is 1. The predicted molar refractivity (Wildman–Crippen MR) is 76.8 cm³/mol. The van der Waals surface area contributed by atoms with Crippen molar-refractivity contribution in [3.8, 4) is 0 Å². The standard InChI is InChI=1S/C14H21NO2S/c1-2-3-8-18-10-12-6-4-11(5-7-12)9-13(15)14(16)17/h4-7,13H,2-3,8-10,15H2,1H3,(H,16,17). The highest BCUT2D eigenvalue weighted by Gasteiger charge is 2.11. The number of benzene rings is 1. The third-order valence-electron chi connectivity index (χ3n) is 2.71. The Morgan fingerprint density at radius 1 is 1.33 bits per heavy atom. The van der Waals surface area contributed by atoms with Gasteiger partial charge in [-0.1, -0.05) is 37.6 Å². The maximum absolute atomic E-state index is 10.6. The minimum Gasteiger partial charge on any atom is -0.480 e. The largest absolute Gasteiger partial charge is 0.480 e. The lowest BCUT2D eigenvalue weighted by atomic mass is 10.1. The molecule has 1 atom stereocenters. The van der Waals surface area contributed by atoms with Gasteiger partial charge in [0.25, 0.3) is 0 Å². The summed E-state index contributed by atoms with van der Waals surface area (Å²) in [6.45, 7) is 2.20. The van der Waals surface area contributed by atoms with Crippen molar-refractivity contribution in [2.75, 3.05) is 5.75 Å². The molecule has 100 valence electrons. The van der Waals surface area contributed by atoms with E-state index in [1.165, 1.54) is 24.2 Å². The fourth-order valence-corrected chi connectivity index (χ4v) is 2.61. The maximum atomic E-state index is 10.6. The van der Waals surface area contributed by atoms with Crippen LogP contribution in [0.5, 0.6) is 0 Å². The molecule has 0 aliphatic heterocycles. The van der Waals surface area contributed by atoms with E-state index in [1.54, 1.807) is 0 Å². The molecule has 0 bridgehead atoms. The summed E-state index contributed by atoms with van der Waals surface area (Å²) in [4.78, 5) is 10.6. The Labute approximate surface area is 113 Å². The summed E-state index contributed by atoms with van der Waals surface area (Å²) in [5.74, 6) is 1.27. The van der Waals surface area contributed by atoms with Crippen LogP contribution in [0.2, 0.25) is 0 Å². The summed E-state index contributed by atoms with van der Waals surface area (Å²) in [6.07, 6.45) is 2.88. The molecule has 0 aliphatic rings. The van der Waals surface area contributed by atoms with E-state index in [-0.39, 0.29) is 0 Å². The highest BCUT2D eigenvalue weighted by Crippen LogP contribution is 2.15. The SMILES string of the molecule is CCCCSCc1ccc(CC(N)C(=O)O)cc1. The number of nitrogens with two attached hydrogens (primary N) is 1. The minimum atomic E-state index is -0.950. The first-order valence-electron chi connectivity index (χ1n) is 6.27. The quantitative estimate of drug-likeness (QED) is 0.711. The zero-order valence-electron chi connectivity index (χ0n) is 10.8. The number of carboxylic acids is 1. The smallest absolute Gasteiger partial charge is 0.320 e. The number of thioether (sulfide) groups is 1. The van der Waals surface area contributed by atoms with Crippen LogP contribution in [-0.4, -0.2) is 22.9 Å². The number of aliphatic carboxylic acids is 1. The average Bonchev–Trinajstić information content (AvgIpc) is 2.36. The third kappa shape index (κ3) is 5.56. The molecule has 3 nitrogen and oxygen atoms in total. The van der Waals surface area contributed by atoms with Gasteiger partial charge in [0.1, 0.15) is 6.04 Å². The van der Waals surface area contributed by atoms with Crippen molar-refractivity contribution in [2.24, 2.45) is 5.73 Å². The highest BCUT2D eigenvalue weighted by atomic mass is 32.2. The molecule has 1 unspecified atom stereocenters. The van der Waals surface area contributed by atoms with Gasteiger partial charge in [0.15, 0.2) is 0 Å².